The second-order valence-corrected chi connectivity index (χ2v) is 7.38. The van der Waals surface area contributed by atoms with Gasteiger partial charge in [0, 0.05) is 19.8 Å². The highest BCUT2D eigenvalue weighted by atomic mass is 16.9. The molecular formula is C22H44O5. The number of hydrogen-bond donors (Lipinski definition) is 0. The molecule has 0 N–H and O–H groups in total. The van der Waals surface area contributed by atoms with Crippen molar-refractivity contribution in [1.82, 2.24) is 0 Å². The fraction of sp³-hybridized carbons (Fsp3) is 1.00. The van der Waals surface area contributed by atoms with Crippen molar-refractivity contribution in [2.24, 2.45) is 0 Å². The summed E-state index contributed by atoms with van der Waals surface area (Å²) in [6, 6.07) is 0. The SMILES string of the molecule is CCCCCCCCC(CCC)(OCC1CO1)C(OCC)(OCC)OCC. The lowest BCUT2D eigenvalue weighted by atomic mass is 9.87. The maximum absolute atomic E-state index is 6.54. The molecule has 162 valence electrons. The van der Waals surface area contributed by atoms with Gasteiger partial charge in [-0.05, 0) is 33.6 Å². The van der Waals surface area contributed by atoms with Gasteiger partial charge in [0.25, 0.3) is 0 Å². The summed E-state index contributed by atoms with van der Waals surface area (Å²) in [7, 11) is 0. The van der Waals surface area contributed by atoms with Crippen LogP contribution in [-0.2, 0) is 23.7 Å². The van der Waals surface area contributed by atoms with Gasteiger partial charge in [-0.25, -0.2) is 0 Å². The summed E-state index contributed by atoms with van der Waals surface area (Å²) >= 11 is 0. The lowest BCUT2D eigenvalue weighted by Crippen LogP contribution is -2.61. The Hall–Kier alpha value is -0.200. The molecule has 5 heteroatoms. The van der Waals surface area contributed by atoms with E-state index in [0.29, 0.717) is 26.4 Å². The summed E-state index contributed by atoms with van der Waals surface area (Å²) < 4.78 is 30.4. The summed E-state index contributed by atoms with van der Waals surface area (Å²) in [5.74, 6) is -1.15. The van der Waals surface area contributed by atoms with Gasteiger partial charge in [-0.15, -0.1) is 0 Å². The zero-order chi connectivity index (χ0) is 20.0. The van der Waals surface area contributed by atoms with Crippen LogP contribution in [0.15, 0.2) is 0 Å². The van der Waals surface area contributed by atoms with E-state index in [1.54, 1.807) is 0 Å². The zero-order valence-corrected chi connectivity index (χ0v) is 18.5. The summed E-state index contributed by atoms with van der Waals surface area (Å²) in [4.78, 5) is 0. The third kappa shape index (κ3) is 7.98. The number of epoxide rings is 1. The van der Waals surface area contributed by atoms with E-state index >= 15 is 0 Å². The van der Waals surface area contributed by atoms with Crippen LogP contribution >= 0.6 is 0 Å². The van der Waals surface area contributed by atoms with E-state index in [-0.39, 0.29) is 6.10 Å². The molecule has 2 atom stereocenters. The van der Waals surface area contributed by atoms with Gasteiger partial charge < -0.3 is 23.7 Å². The van der Waals surface area contributed by atoms with Gasteiger partial charge in [0.2, 0.25) is 0 Å². The first-order valence-electron chi connectivity index (χ1n) is 11.3. The van der Waals surface area contributed by atoms with E-state index in [2.05, 4.69) is 13.8 Å². The monoisotopic (exact) mass is 388 g/mol. The van der Waals surface area contributed by atoms with Gasteiger partial charge in [-0.3, -0.25) is 0 Å². The highest BCUT2D eigenvalue weighted by molar-refractivity contribution is 4.92. The molecule has 0 bridgehead atoms. The lowest BCUT2D eigenvalue weighted by molar-refractivity contribution is -0.447. The van der Waals surface area contributed by atoms with E-state index in [9.17, 15) is 0 Å². The molecule has 0 aromatic heterocycles. The molecule has 27 heavy (non-hydrogen) atoms. The van der Waals surface area contributed by atoms with Crippen LogP contribution in [0.5, 0.6) is 0 Å². The third-order valence-electron chi connectivity index (χ3n) is 5.10. The van der Waals surface area contributed by atoms with E-state index in [0.717, 1.165) is 32.3 Å². The van der Waals surface area contributed by atoms with Crippen LogP contribution in [0.4, 0.5) is 0 Å². The first-order chi connectivity index (χ1) is 13.1. The maximum atomic E-state index is 6.54. The Balaban J connectivity index is 2.96. The molecule has 1 saturated heterocycles. The van der Waals surface area contributed by atoms with E-state index < -0.39 is 11.6 Å². The third-order valence-corrected chi connectivity index (χ3v) is 5.10. The first kappa shape index (κ1) is 24.8. The summed E-state index contributed by atoms with van der Waals surface area (Å²) in [5, 5.41) is 0. The largest absolute Gasteiger partial charge is 0.371 e. The quantitative estimate of drug-likeness (QED) is 0.167. The number of hydrogen-bond acceptors (Lipinski definition) is 5. The minimum absolute atomic E-state index is 0.202. The average molecular weight is 389 g/mol. The predicted octanol–water partition coefficient (Wildman–Crippen LogP) is 5.45. The molecule has 5 nitrogen and oxygen atoms in total. The normalized spacial score (nSPS) is 19.2. The molecule has 0 amide bonds. The molecule has 1 aliphatic heterocycles. The summed E-state index contributed by atoms with van der Waals surface area (Å²) in [6.45, 7) is 13.3. The minimum atomic E-state index is -1.15. The fourth-order valence-electron chi connectivity index (χ4n) is 3.77. The van der Waals surface area contributed by atoms with Crippen LogP contribution in [0.3, 0.4) is 0 Å². The smallest absolute Gasteiger partial charge is 0.313 e. The molecular weight excluding hydrogens is 344 g/mol. The summed E-state index contributed by atoms with van der Waals surface area (Å²) in [6.07, 6.45) is 10.4. The Morgan fingerprint density at radius 2 is 1.26 bits per heavy atom. The highest BCUT2D eigenvalue weighted by Crippen LogP contribution is 2.41. The van der Waals surface area contributed by atoms with Crippen LogP contribution < -0.4 is 0 Å². The maximum Gasteiger partial charge on any atom is 0.313 e. The fourth-order valence-corrected chi connectivity index (χ4v) is 3.77. The van der Waals surface area contributed by atoms with Gasteiger partial charge in [0.05, 0.1) is 13.2 Å². The van der Waals surface area contributed by atoms with Crippen molar-refractivity contribution >= 4 is 0 Å². The Morgan fingerprint density at radius 3 is 1.74 bits per heavy atom. The van der Waals surface area contributed by atoms with E-state index in [1.807, 2.05) is 20.8 Å². The number of rotatable bonds is 19. The molecule has 1 heterocycles. The molecule has 2 unspecified atom stereocenters. The van der Waals surface area contributed by atoms with E-state index in [1.165, 1.54) is 32.1 Å². The highest BCUT2D eigenvalue weighted by Gasteiger charge is 2.56. The molecule has 0 aromatic rings. The van der Waals surface area contributed by atoms with Gasteiger partial charge in [-0.1, -0.05) is 58.8 Å². The topological polar surface area (TPSA) is 49.5 Å². The van der Waals surface area contributed by atoms with Crippen LogP contribution in [0.25, 0.3) is 0 Å². The second kappa shape index (κ2) is 13.9. The van der Waals surface area contributed by atoms with Crippen LogP contribution in [-0.4, -0.2) is 50.7 Å². The Bertz CT molecular complexity index is 342. The molecule has 1 aliphatic rings. The molecule has 0 aliphatic carbocycles. The summed E-state index contributed by atoms with van der Waals surface area (Å²) in [5.41, 5.74) is -0.611. The van der Waals surface area contributed by atoms with Crippen LogP contribution in [0.1, 0.15) is 92.4 Å². The van der Waals surface area contributed by atoms with Crippen molar-refractivity contribution in [2.45, 2.75) is 110 Å². The first-order valence-corrected chi connectivity index (χ1v) is 11.3. The molecule has 1 fully saturated rings. The number of unbranched alkanes of at least 4 members (excludes halogenated alkanes) is 5. The minimum Gasteiger partial charge on any atom is -0.371 e. The zero-order valence-electron chi connectivity index (χ0n) is 18.5. The van der Waals surface area contributed by atoms with Crippen molar-refractivity contribution in [3.8, 4) is 0 Å². The number of ether oxygens (including phenoxy) is 5. The second-order valence-electron chi connectivity index (χ2n) is 7.38. The average Bonchev–Trinajstić information content (AvgIpc) is 3.47. The molecule has 0 aromatic carbocycles. The van der Waals surface area contributed by atoms with Crippen molar-refractivity contribution in [1.29, 1.82) is 0 Å². The van der Waals surface area contributed by atoms with Crippen molar-refractivity contribution in [3.05, 3.63) is 0 Å². The van der Waals surface area contributed by atoms with Crippen molar-refractivity contribution in [3.63, 3.8) is 0 Å². The van der Waals surface area contributed by atoms with Crippen LogP contribution in [0, 0.1) is 0 Å². The lowest BCUT2D eigenvalue weighted by Gasteiger charge is -2.48. The Labute approximate surface area is 167 Å². The standard InChI is InChI=1S/C22H44O5/c1-6-11-12-13-14-15-17-21(16-7-2,27-19-20-18-23-20)22(24-8-3,25-9-4)26-10-5/h20H,6-19H2,1-5H3. The predicted molar refractivity (Wildman–Crippen MR) is 109 cm³/mol. The van der Waals surface area contributed by atoms with Crippen LogP contribution in [0.2, 0.25) is 0 Å². The van der Waals surface area contributed by atoms with Gasteiger partial charge >= 0.3 is 5.97 Å². The van der Waals surface area contributed by atoms with Gasteiger partial charge in [0.15, 0.2) is 0 Å². The Kier molecular flexibility index (Phi) is 12.8. The van der Waals surface area contributed by atoms with E-state index in [4.69, 9.17) is 23.7 Å². The molecule has 0 saturated carbocycles. The molecule has 1 rings (SSSR count). The van der Waals surface area contributed by atoms with Crippen molar-refractivity contribution < 1.29 is 23.7 Å². The molecule has 0 spiro atoms. The van der Waals surface area contributed by atoms with Gasteiger partial charge in [-0.2, -0.15) is 0 Å². The van der Waals surface area contributed by atoms with Crippen molar-refractivity contribution in [2.75, 3.05) is 33.0 Å². The van der Waals surface area contributed by atoms with Gasteiger partial charge in [0.1, 0.15) is 11.7 Å². The molecule has 0 radical (unpaired) electrons. The Morgan fingerprint density at radius 1 is 0.704 bits per heavy atom.